The van der Waals surface area contributed by atoms with E-state index in [0.717, 1.165) is 38.8 Å². The Hall–Kier alpha value is -1.55. The molecule has 0 aromatic carbocycles. The molecular weight excluding hydrogens is 725 g/mol. The number of aldehydes is 1. The molecule has 293 valence electrons. The van der Waals surface area contributed by atoms with Crippen molar-refractivity contribution in [1.29, 1.82) is 0 Å². The van der Waals surface area contributed by atoms with E-state index in [2.05, 4.69) is 12.2 Å². The van der Waals surface area contributed by atoms with Crippen LogP contribution in [0.2, 0.25) is 0 Å². The van der Waals surface area contributed by atoms with Gasteiger partial charge in [0.15, 0.2) is 0 Å². The molecule has 0 saturated carbocycles. The van der Waals surface area contributed by atoms with Gasteiger partial charge in [0, 0.05) is 71.7 Å². The number of hydrogen-bond acceptors (Lipinski definition) is 9. The minimum atomic E-state index is -0.250. The van der Waals surface area contributed by atoms with Crippen molar-refractivity contribution in [2.75, 3.05) is 52.6 Å². The van der Waals surface area contributed by atoms with Gasteiger partial charge >= 0.3 is 0 Å². The van der Waals surface area contributed by atoms with Crippen molar-refractivity contribution in [2.24, 2.45) is 0 Å². The molecular formula is C35H69N4O10Y-. The van der Waals surface area contributed by atoms with E-state index in [9.17, 15) is 14.4 Å². The summed E-state index contributed by atoms with van der Waals surface area (Å²) in [6, 6.07) is -0.00180. The van der Waals surface area contributed by atoms with Gasteiger partial charge in [-0.25, -0.2) is 5.48 Å². The fourth-order valence-electron chi connectivity index (χ4n) is 4.97. The van der Waals surface area contributed by atoms with Crippen LogP contribution in [-0.2, 0) is 66.2 Å². The van der Waals surface area contributed by atoms with Crippen molar-refractivity contribution in [2.45, 2.75) is 141 Å². The minimum Gasteiger partial charge on any atom is -0.675 e. The maximum Gasteiger partial charge on any atom is 0.290 e. The second-order valence-corrected chi connectivity index (χ2v) is 11.8. The smallest absolute Gasteiger partial charge is 0.290 e. The summed E-state index contributed by atoms with van der Waals surface area (Å²) in [7, 11) is 0. The Morgan fingerprint density at radius 3 is 1.64 bits per heavy atom. The molecule has 0 aromatic rings. The number of carbonyl (C=O) groups is 5. The molecule has 0 aliphatic carbocycles. The van der Waals surface area contributed by atoms with Crippen LogP contribution in [0.3, 0.4) is 0 Å². The average molecular weight is 795 g/mol. The first-order valence-electron chi connectivity index (χ1n) is 18.3. The Bertz CT molecular complexity index is 728. The van der Waals surface area contributed by atoms with E-state index in [4.69, 9.17) is 40.2 Å². The molecule has 1 aliphatic heterocycles. The molecule has 0 aromatic heterocycles. The van der Waals surface area contributed by atoms with Gasteiger partial charge in [-0.2, -0.15) is 0 Å². The van der Waals surface area contributed by atoms with E-state index < -0.39 is 0 Å². The standard InChI is InChI=1S/C27H52N3O2.C6H13NO4.2CH2O2.Y/c1-2-3-4-5-6-7-8-9-10-11-12-13-14-15-16-18-26(31)29-22-17-19-27(32)30-23-20-25(28)21-24-30;8-2-4-11-6-5-10-3-1-7-9;2*2-1-3;/h25,28H,2-24H2,1H3,(H,29,31);2,7,9H,1,3-6H2;2*1H,(H,2,3);/q-1;;;;. The van der Waals surface area contributed by atoms with Crippen molar-refractivity contribution in [3.05, 3.63) is 5.73 Å². The summed E-state index contributed by atoms with van der Waals surface area (Å²) < 4.78 is 9.74. The number of hydrogen-bond donors (Lipinski definition) is 5. The number of rotatable bonds is 28. The molecule has 1 saturated heterocycles. The number of carboxylic acid groups (broad SMARTS) is 2. The van der Waals surface area contributed by atoms with Gasteiger partial charge < -0.3 is 45.6 Å². The third-order valence-corrected chi connectivity index (χ3v) is 7.66. The quantitative estimate of drug-likeness (QED) is 0.0363. The number of unbranched alkanes of at least 4 members (excludes halogenated alkanes) is 14. The van der Waals surface area contributed by atoms with E-state index in [1.165, 1.54) is 83.5 Å². The van der Waals surface area contributed by atoms with Gasteiger partial charge in [0.2, 0.25) is 11.8 Å². The number of ether oxygens (including phenoxy) is 2. The molecule has 0 atom stereocenters. The summed E-state index contributed by atoms with van der Waals surface area (Å²) >= 11 is 0. The SMILES string of the molecule is CCCCCCCCCCCCCCCCCC(=O)NCCCC(=O)N1CCC([NH-])CC1.O=CCOCCOCCNO.O=CO.O=CO.[Y]. The van der Waals surface area contributed by atoms with Crippen LogP contribution in [0.25, 0.3) is 5.73 Å². The number of piperidine rings is 1. The average Bonchev–Trinajstić information content (AvgIpc) is 3.09. The molecule has 1 radical (unpaired) electrons. The molecule has 0 spiro atoms. The molecule has 1 fully saturated rings. The molecule has 0 unspecified atom stereocenters. The number of hydroxylamine groups is 1. The predicted octanol–water partition coefficient (Wildman–Crippen LogP) is 5.78. The summed E-state index contributed by atoms with van der Waals surface area (Å²) in [5, 5.41) is 24.8. The van der Waals surface area contributed by atoms with Gasteiger partial charge in [-0.1, -0.05) is 110 Å². The summed E-state index contributed by atoms with van der Waals surface area (Å²) in [4.78, 5) is 52.4. The van der Waals surface area contributed by atoms with Crippen LogP contribution in [0.15, 0.2) is 0 Å². The van der Waals surface area contributed by atoms with Crippen LogP contribution < -0.4 is 10.8 Å². The topological polar surface area (TPSA) is 216 Å². The van der Waals surface area contributed by atoms with Crippen LogP contribution in [0.4, 0.5) is 0 Å². The van der Waals surface area contributed by atoms with Crippen LogP contribution in [0, 0.1) is 0 Å². The molecule has 1 rings (SSSR count). The predicted molar refractivity (Wildman–Crippen MR) is 191 cm³/mol. The fraction of sp³-hybridized carbons (Fsp3) is 0.857. The van der Waals surface area contributed by atoms with Crippen molar-refractivity contribution in [3.8, 4) is 0 Å². The number of likely N-dealkylation sites (tertiary alicyclic amines) is 1. The molecule has 15 heteroatoms. The van der Waals surface area contributed by atoms with Gasteiger partial charge in [0.05, 0.1) is 19.8 Å². The fourth-order valence-corrected chi connectivity index (χ4v) is 4.97. The first-order chi connectivity index (χ1) is 23.9. The molecule has 2 amide bonds. The van der Waals surface area contributed by atoms with Crippen molar-refractivity contribution < 1.29 is 81.6 Å². The molecule has 6 N–H and O–H groups in total. The summed E-state index contributed by atoms with van der Waals surface area (Å²) in [5.74, 6) is 0.302. The first kappa shape index (κ1) is 55.2. The van der Waals surface area contributed by atoms with E-state index in [0.29, 0.717) is 58.5 Å². The number of nitrogens with zero attached hydrogens (tertiary/aromatic N) is 1. The van der Waals surface area contributed by atoms with E-state index >= 15 is 0 Å². The van der Waals surface area contributed by atoms with Crippen LogP contribution >= 0.6 is 0 Å². The van der Waals surface area contributed by atoms with Gasteiger partial charge in [-0.3, -0.25) is 19.2 Å². The zero-order chi connectivity index (χ0) is 37.1. The monoisotopic (exact) mass is 794 g/mol. The Morgan fingerprint density at radius 2 is 1.18 bits per heavy atom. The molecule has 14 nitrogen and oxygen atoms in total. The van der Waals surface area contributed by atoms with Crippen molar-refractivity contribution in [1.82, 2.24) is 15.7 Å². The molecule has 0 bridgehead atoms. The van der Waals surface area contributed by atoms with Gasteiger partial charge in [0.1, 0.15) is 12.9 Å². The Balaban J connectivity index is -0.000000487. The summed E-state index contributed by atoms with van der Waals surface area (Å²) in [6.45, 7) is 5.60. The second kappa shape index (κ2) is 49.6. The number of carbonyl (C=O) groups excluding carboxylic acids is 3. The second-order valence-electron chi connectivity index (χ2n) is 11.8. The summed E-state index contributed by atoms with van der Waals surface area (Å²) in [5.41, 5.74) is 9.64. The molecule has 1 heterocycles. The van der Waals surface area contributed by atoms with Gasteiger partial charge in [-0.15, -0.1) is 6.04 Å². The maximum absolute atomic E-state index is 12.1. The van der Waals surface area contributed by atoms with Crippen molar-refractivity contribution >= 4 is 31.0 Å². The first-order valence-corrected chi connectivity index (χ1v) is 18.3. The molecule has 50 heavy (non-hydrogen) atoms. The van der Waals surface area contributed by atoms with Crippen LogP contribution in [0.1, 0.15) is 135 Å². The third kappa shape index (κ3) is 48.6. The number of nitrogens with one attached hydrogen (secondary N) is 3. The normalized spacial score (nSPS) is 12.0. The Labute approximate surface area is 326 Å². The molecule has 1 aliphatic rings. The van der Waals surface area contributed by atoms with E-state index in [-0.39, 0.29) is 70.1 Å². The van der Waals surface area contributed by atoms with E-state index in [1.54, 1.807) is 0 Å². The van der Waals surface area contributed by atoms with E-state index in [1.807, 2.05) is 10.4 Å². The third-order valence-electron chi connectivity index (χ3n) is 7.66. The Kier molecular flexibility index (Phi) is 54.7. The minimum absolute atomic E-state index is 0. The maximum atomic E-state index is 12.1. The van der Waals surface area contributed by atoms with Gasteiger partial charge in [0.25, 0.3) is 12.9 Å². The summed E-state index contributed by atoms with van der Waals surface area (Å²) in [6.07, 6.45) is 24.2. The van der Waals surface area contributed by atoms with Gasteiger partial charge in [-0.05, 0) is 12.8 Å². The van der Waals surface area contributed by atoms with Crippen LogP contribution in [0.5, 0.6) is 0 Å². The largest absolute Gasteiger partial charge is 0.675 e. The van der Waals surface area contributed by atoms with Crippen molar-refractivity contribution in [3.63, 3.8) is 0 Å². The zero-order valence-corrected chi connectivity index (χ0v) is 33.7. The number of amides is 2. The Morgan fingerprint density at radius 1 is 0.720 bits per heavy atom. The van der Waals surface area contributed by atoms with Crippen LogP contribution in [-0.4, -0.2) is 110 Å². The zero-order valence-electron chi connectivity index (χ0n) is 30.8.